The highest BCUT2D eigenvalue weighted by Crippen LogP contribution is 2.18. The Balaban J connectivity index is 1.52. The number of rotatable bonds is 8. The van der Waals surface area contributed by atoms with Gasteiger partial charge in [0.15, 0.2) is 0 Å². The molecule has 1 heterocycles. The molecule has 0 aliphatic rings. The fourth-order valence-electron chi connectivity index (χ4n) is 2.78. The van der Waals surface area contributed by atoms with Gasteiger partial charge in [-0.25, -0.2) is 9.37 Å². The summed E-state index contributed by atoms with van der Waals surface area (Å²) in [5, 5.41) is 2.74. The Morgan fingerprint density at radius 1 is 1.10 bits per heavy atom. The number of aromatic nitrogens is 1. The molecular weight excluding hydrogens is 373 g/mol. The van der Waals surface area contributed by atoms with Crippen molar-refractivity contribution < 1.29 is 18.4 Å². The predicted octanol–water partition coefficient (Wildman–Crippen LogP) is 3.19. The van der Waals surface area contributed by atoms with Crippen LogP contribution in [-0.2, 0) is 22.6 Å². The minimum absolute atomic E-state index is 0.0510. The van der Waals surface area contributed by atoms with Gasteiger partial charge in [0, 0.05) is 18.7 Å². The zero-order valence-electron chi connectivity index (χ0n) is 16.1. The Morgan fingerprint density at radius 3 is 2.52 bits per heavy atom. The average Bonchev–Trinajstić information content (AvgIpc) is 3.20. The first-order valence-electron chi connectivity index (χ1n) is 9.34. The van der Waals surface area contributed by atoms with Crippen molar-refractivity contribution in [3.05, 3.63) is 77.9 Å². The van der Waals surface area contributed by atoms with Gasteiger partial charge >= 0.3 is 0 Å². The number of halogens is 1. The lowest BCUT2D eigenvalue weighted by Gasteiger charge is -2.20. The molecule has 0 radical (unpaired) electrons. The molecule has 6 nitrogen and oxygen atoms in total. The van der Waals surface area contributed by atoms with E-state index >= 15 is 0 Å². The Labute approximate surface area is 168 Å². The zero-order valence-corrected chi connectivity index (χ0v) is 16.1. The average molecular weight is 395 g/mol. The SMILES string of the molecule is CCN(CC(=O)NCc1ccc(F)cc1)C(=O)Cc1coc(-c2ccccc2)n1. The van der Waals surface area contributed by atoms with Crippen LogP contribution in [0.5, 0.6) is 0 Å². The van der Waals surface area contributed by atoms with Crippen LogP contribution < -0.4 is 5.32 Å². The van der Waals surface area contributed by atoms with Gasteiger partial charge in [-0.3, -0.25) is 9.59 Å². The number of nitrogens with zero attached hydrogens (tertiary/aromatic N) is 2. The lowest BCUT2D eigenvalue weighted by Crippen LogP contribution is -2.41. The first kappa shape index (κ1) is 20.3. The highest BCUT2D eigenvalue weighted by Gasteiger charge is 2.18. The standard InChI is InChI=1S/C22H22FN3O3/c1-2-26(14-20(27)24-13-16-8-10-18(23)11-9-16)21(28)12-19-15-29-22(25-19)17-6-4-3-5-7-17/h3-11,15H,2,12-14H2,1H3,(H,24,27). The van der Waals surface area contributed by atoms with E-state index in [1.54, 1.807) is 12.1 Å². The van der Waals surface area contributed by atoms with Gasteiger partial charge in [-0.05, 0) is 36.8 Å². The summed E-state index contributed by atoms with van der Waals surface area (Å²) in [6, 6.07) is 15.3. The number of nitrogens with one attached hydrogen (secondary N) is 1. The number of benzene rings is 2. The summed E-state index contributed by atoms with van der Waals surface area (Å²) in [4.78, 5) is 30.6. The summed E-state index contributed by atoms with van der Waals surface area (Å²) in [6.07, 6.45) is 1.51. The number of amides is 2. The maximum atomic E-state index is 12.9. The van der Waals surface area contributed by atoms with E-state index in [-0.39, 0.29) is 37.1 Å². The molecule has 29 heavy (non-hydrogen) atoms. The summed E-state index contributed by atoms with van der Waals surface area (Å²) >= 11 is 0. The fourth-order valence-corrected chi connectivity index (χ4v) is 2.78. The van der Waals surface area contributed by atoms with Gasteiger partial charge in [0.25, 0.3) is 0 Å². The topological polar surface area (TPSA) is 75.4 Å². The van der Waals surface area contributed by atoms with Crippen molar-refractivity contribution in [2.45, 2.75) is 19.9 Å². The highest BCUT2D eigenvalue weighted by atomic mass is 19.1. The summed E-state index contributed by atoms with van der Waals surface area (Å²) in [6.45, 7) is 2.42. The van der Waals surface area contributed by atoms with Gasteiger partial charge in [0.05, 0.1) is 18.7 Å². The number of carbonyl (C=O) groups is 2. The van der Waals surface area contributed by atoms with Gasteiger partial charge in [-0.2, -0.15) is 0 Å². The van der Waals surface area contributed by atoms with E-state index < -0.39 is 0 Å². The third kappa shape index (κ3) is 5.75. The third-order valence-corrected chi connectivity index (χ3v) is 4.38. The molecule has 0 saturated carbocycles. The minimum atomic E-state index is -0.328. The van der Waals surface area contributed by atoms with Crippen LogP contribution >= 0.6 is 0 Å². The summed E-state index contributed by atoms with van der Waals surface area (Å²) in [5.41, 5.74) is 2.13. The van der Waals surface area contributed by atoms with Crippen LogP contribution in [0.3, 0.4) is 0 Å². The lowest BCUT2D eigenvalue weighted by atomic mass is 10.2. The van der Waals surface area contributed by atoms with Crippen molar-refractivity contribution in [1.82, 2.24) is 15.2 Å². The van der Waals surface area contributed by atoms with E-state index in [1.807, 2.05) is 37.3 Å². The molecule has 2 aromatic carbocycles. The van der Waals surface area contributed by atoms with Crippen LogP contribution in [0.2, 0.25) is 0 Å². The van der Waals surface area contributed by atoms with Crippen LogP contribution in [0, 0.1) is 5.82 Å². The molecule has 0 bridgehead atoms. The molecule has 0 saturated heterocycles. The predicted molar refractivity (Wildman–Crippen MR) is 106 cm³/mol. The number of hydrogen-bond donors (Lipinski definition) is 1. The Bertz CT molecular complexity index is 955. The Hall–Kier alpha value is -3.48. The molecular formula is C22H22FN3O3. The van der Waals surface area contributed by atoms with Crippen molar-refractivity contribution in [2.24, 2.45) is 0 Å². The largest absolute Gasteiger partial charge is 0.444 e. The second-order valence-electron chi connectivity index (χ2n) is 6.50. The first-order valence-corrected chi connectivity index (χ1v) is 9.34. The van der Waals surface area contributed by atoms with E-state index in [2.05, 4.69) is 10.3 Å². The Kier molecular flexibility index (Phi) is 6.73. The molecule has 0 fully saturated rings. The molecule has 3 aromatic rings. The van der Waals surface area contributed by atoms with Crippen LogP contribution in [0.15, 0.2) is 65.3 Å². The van der Waals surface area contributed by atoms with E-state index in [0.29, 0.717) is 18.1 Å². The van der Waals surface area contributed by atoms with Crippen molar-refractivity contribution in [3.8, 4) is 11.5 Å². The quantitative estimate of drug-likeness (QED) is 0.636. The summed E-state index contributed by atoms with van der Waals surface area (Å²) < 4.78 is 18.4. The summed E-state index contributed by atoms with van der Waals surface area (Å²) in [5.74, 6) is -0.369. The van der Waals surface area contributed by atoms with Gasteiger partial charge < -0.3 is 14.6 Å². The molecule has 3 rings (SSSR count). The number of likely N-dealkylation sites (N-methyl/N-ethyl adjacent to an activating group) is 1. The molecule has 0 aliphatic carbocycles. The monoisotopic (exact) mass is 395 g/mol. The number of hydrogen-bond acceptors (Lipinski definition) is 4. The van der Waals surface area contributed by atoms with E-state index in [9.17, 15) is 14.0 Å². The number of carbonyl (C=O) groups excluding carboxylic acids is 2. The van der Waals surface area contributed by atoms with Gasteiger partial charge in [-0.1, -0.05) is 30.3 Å². The zero-order chi connectivity index (χ0) is 20.6. The van der Waals surface area contributed by atoms with Gasteiger partial charge in [0.2, 0.25) is 17.7 Å². The first-order chi connectivity index (χ1) is 14.0. The second kappa shape index (κ2) is 9.64. The lowest BCUT2D eigenvalue weighted by molar-refractivity contribution is -0.135. The van der Waals surface area contributed by atoms with Gasteiger partial charge in [-0.15, -0.1) is 0 Å². The van der Waals surface area contributed by atoms with Gasteiger partial charge in [0.1, 0.15) is 12.1 Å². The molecule has 0 atom stereocenters. The maximum Gasteiger partial charge on any atom is 0.239 e. The van der Waals surface area contributed by atoms with Crippen LogP contribution in [-0.4, -0.2) is 34.8 Å². The Morgan fingerprint density at radius 2 is 1.83 bits per heavy atom. The minimum Gasteiger partial charge on any atom is -0.444 e. The van der Waals surface area contributed by atoms with Crippen LogP contribution in [0.4, 0.5) is 4.39 Å². The third-order valence-electron chi connectivity index (χ3n) is 4.38. The molecule has 1 aromatic heterocycles. The van der Waals surface area contributed by atoms with Crippen molar-refractivity contribution in [2.75, 3.05) is 13.1 Å². The van der Waals surface area contributed by atoms with Crippen LogP contribution in [0.1, 0.15) is 18.2 Å². The van der Waals surface area contributed by atoms with Crippen molar-refractivity contribution in [1.29, 1.82) is 0 Å². The molecule has 7 heteroatoms. The van der Waals surface area contributed by atoms with E-state index in [4.69, 9.17) is 4.42 Å². The van der Waals surface area contributed by atoms with Crippen molar-refractivity contribution in [3.63, 3.8) is 0 Å². The summed E-state index contributed by atoms with van der Waals surface area (Å²) in [7, 11) is 0. The molecule has 1 N–H and O–H groups in total. The number of oxazole rings is 1. The molecule has 150 valence electrons. The van der Waals surface area contributed by atoms with E-state index in [0.717, 1.165) is 11.1 Å². The van der Waals surface area contributed by atoms with Crippen LogP contribution in [0.25, 0.3) is 11.5 Å². The van der Waals surface area contributed by atoms with Crippen molar-refractivity contribution >= 4 is 11.8 Å². The maximum absolute atomic E-state index is 12.9. The van der Waals surface area contributed by atoms with E-state index in [1.165, 1.54) is 23.3 Å². The molecule has 0 spiro atoms. The molecule has 0 unspecified atom stereocenters. The smallest absolute Gasteiger partial charge is 0.239 e. The fraction of sp³-hybridized carbons (Fsp3) is 0.227. The normalized spacial score (nSPS) is 10.6. The second-order valence-corrected chi connectivity index (χ2v) is 6.50. The highest BCUT2D eigenvalue weighted by molar-refractivity contribution is 5.85. The molecule has 2 amide bonds. The molecule has 0 aliphatic heterocycles.